The van der Waals surface area contributed by atoms with Crippen LogP contribution in [0.25, 0.3) is 0 Å². The van der Waals surface area contributed by atoms with Crippen molar-refractivity contribution in [2.24, 2.45) is 5.92 Å². The lowest BCUT2D eigenvalue weighted by atomic mass is 9.82. The first kappa shape index (κ1) is 8.53. The van der Waals surface area contributed by atoms with E-state index in [0.29, 0.717) is 12.6 Å². The van der Waals surface area contributed by atoms with Crippen LogP contribution in [0, 0.1) is 5.92 Å². The van der Waals surface area contributed by atoms with Gasteiger partial charge in [0, 0.05) is 6.04 Å². The fraction of sp³-hybridized carbons (Fsp3) is 0.875. The molecule has 3 heteroatoms. The maximum Gasteiger partial charge on any atom is 0.234 e. The van der Waals surface area contributed by atoms with Gasteiger partial charge in [0.25, 0.3) is 0 Å². The van der Waals surface area contributed by atoms with Crippen LogP contribution in [-0.4, -0.2) is 25.5 Å². The maximum absolute atomic E-state index is 11.0. The molecule has 11 heavy (non-hydrogen) atoms. The van der Waals surface area contributed by atoms with Crippen molar-refractivity contribution in [2.75, 3.05) is 13.6 Å². The van der Waals surface area contributed by atoms with Gasteiger partial charge in [-0.1, -0.05) is 6.92 Å². The minimum atomic E-state index is 0.115. The number of hydrogen-bond acceptors (Lipinski definition) is 2. The van der Waals surface area contributed by atoms with Gasteiger partial charge in [-0.3, -0.25) is 4.79 Å². The SMILES string of the molecule is CNCC(=O)NC1CC(C)C1. The summed E-state index contributed by atoms with van der Waals surface area (Å²) in [7, 11) is 1.78. The number of likely N-dealkylation sites (N-methyl/N-ethyl adjacent to an activating group) is 1. The van der Waals surface area contributed by atoms with Crippen LogP contribution in [0.15, 0.2) is 0 Å². The molecule has 64 valence electrons. The Morgan fingerprint density at radius 1 is 1.55 bits per heavy atom. The molecule has 0 unspecified atom stereocenters. The highest BCUT2D eigenvalue weighted by Gasteiger charge is 2.25. The molecule has 0 radical (unpaired) electrons. The summed E-state index contributed by atoms with van der Waals surface area (Å²) in [6, 6.07) is 0.450. The number of carbonyl (C=O) groups is 1. The van der Waals surface area contributed by atoms with E-state index in [1.807, 2.05) is 0 Å². The quantitative estimate of drug-likeness (QED) is 0.609. The summed E-state index contributed by atoms with van der Waals surface area (Å²) in [4.78, 5) is 11.0. The van der Waals surface area contributed by atoms with Crippen molar-refractivity contribution < 1.29 is 4.79 Å². The Bertz CT molecular complexity index is 141. The van der Waals surface area contributed by atoms with Crippen LogP contribution in [0.5, 0.6) is 0 Å². The summed E-state index contributed by atoms with van der Waals surface area (Å²) in [5, 5.41) is 5.77. The molecule has 1 aliphatic rings. The summed E-state index contributed by atoms with van der Waals surface area (Å²) < 4.78 is 0. The topological polar surface area (TPSA) is 41.1 Å². The number of carbonyl (C=O) groups excluding carboxylic acids is 1. The lowest BCUT2D eigenvalue weighted by Gasteiger charge is -2.33. The Labute approximate surface area is 67.5 Å². The van der Waals surface area contributed by atoms with E-state index in [1.165, 1.54) is 0 Å². The van der Waals surface area contributed by atoms with Crippen molar-refractivity contribution in [2.45, 2.75) is 25.8 Å². The largest absolute Gasteiger partial charge is 0.352 e. The van der Waals surface area contributed by atoms with Crippen molar-refractivity contribution in [3.05, 3.63) is 0 Å². The third-order valence-electron chi connectivity index (χ3n) is 2.08. The molecular weight excluding hydrogens is 140 g/mol. The van der Waals surface area contributed by atoms with Crippen molar-refractivity contribution in [1.29, 1.82) is 0 Å². The molecule has 0 heterocycles. The van der Waals surface area contributed by atoms with E-state index in [4.69, 9.17) is 0 Å². The summed E-state index contributed by atoms with van der Waals surface area (Å²) in [6.45, 7) is 2.64. The molecule has 1 saturated carbocycles. The molecule has 2 N–H and O–H groups in total. The molecule has 0 saturated heterocycles. The molecule has 0 spiro atoms. The zero-order valence-corrected chi connectivity index (χ0v) is 7.18. The van der Waals surface area contributed by atoms with Crippen molar-refractivity contribution in [3.63, 3.8) is 0 Å². The first-order valence-electron chi connectivity index (χ1n) is 4.16. The molecule has 0 aromatic rings. The third kappa shape index (κ3) is 2.50. The molecule has 0 aliphatic heterocycles. The number of rotatable bonds is 3. The smallest absolute Gasteiger partial charge is 0.234 e. The Kier molecular flexibility index (Phi) is 2.88. The fourth-order valence-electron chi connectivity index (χ4n) is 1.46. The Hall–Kier alpha value is -0.570. The van der Waals surface area contributed by atoms with E-state index in [2.05, 4.69) is 17.6 Å². The minimum Gasteiger partial charge on any atom is -0.352 e. The van der Waals surface area contributed by atoms with Gasteiger partial charge in [0.1, 0.15) is 0 Å². The van der Waals surface area contributed by atoms with Crippen LogP contribution >= 0.6 is 0 Å². The fourth-order valence-corrected chi connectivity index (χ4v) is 1.46. The molecule has 1 amide bonds. The van der Waals surface area contributed by atoms with E-state index in [-0.39, 0.29) is 5.91 Å². The van der Waals surface area contributed by atoms with E-state index < -0.39 is 0 Å². The molecule has 0 atom stereocenters. The third-order valence-corrected chi connectivity index (χ3v) is 2.08. The molecular formula is C8H16N2O. The van der Waals surface area contributed by atoms with Crippen LogP contribution < -0.4 is 10.6 Å². The van der Waals surface area contributed by atoms with Crippen molar-refractivity contribution in [1.82, 2.24) is 10.6 Å². The maximum atomic E-state index is 11.0. The van der Waals surface area contributed by atoms with Gasteiger partial charge in [-0.05, 0) is 25.8 Å². The van der Waals surface area contributed by atoms with Gasteiger partial charge in [0.2, 0.25) is 5.91 Å². The van der Waals surface area contributed by atoms with Crippen LogP contribution in [0.1, 0.15) is 19.8 Å². The Morgan fingerprint density at radius 2 is 2.18 bits per heavy atom. The number of amides is 1. The lowest BCUT2D eigenvalue weighted by Crippen LogP contribution is -2.46. The van der Waals surface area contributed by atoms with Crippen LogP contribution in [0.2, 0.25) is 0 Å². The zero-order chi connectivity index (χ0) is 8.27. The van der Waals surface area contributed by atoms with Crippen LogP contribution in [0.4, 0.5) is 0 Å². The second kappa shape index (κ2) is 3.72. The zero-order valence-electron chi connectivity index (χ0n) is 7.18. The summed E-state index contributed by atoms with van der Waals surface area (Å²) in [6.07, 6.45) is 2.30. The molecule has 1 aliphatic carbocycles. The van der Waals surface area contributed by atoms with Gasteiger partial charge in [-0.25, -0.2) is 0 Å². The van der Waals surface area contributed by atoms with Gasteiger partial charge < -0.3 is 10.6 Å². The van der Waals surface area contributed by atoms with Crippen molar-refractivity contribution >= 4 is 5.91 Å². The predicted molar refractivity (Wildman–Crippen MR) is 44.3 cm³/mol. The minimum absolute atomic E-state index is 0.115. The van der Waals surface area contributed by atoms with Gasteiger partial charge in [0.05, 0.1) is 6.54 Å². The second-order valence-corrected chi connectivity index (χ2v) is 3.37. The summed E-state index contributed by atoms with van der Waals surface area (Å²) >= 11 is 0. The molecule has 1 fully saturated rings. The average Bonchev–Trinajstić information content (AvgIpc) is 1.85. The van der Waals surface area contributed by atoms with Gasteiger partial charge in [-0.2, -0.15) is 0 Å². The van der Waals surface area contributed by atoms with Crippen LogP contribution in [0.3, 0.4) is 0 Å². The molecule has 0 bridgehead atoms. The Morgan fingerprint density at radius 3 is 2.64 bits per heavy atom. The highest BCUT2D eigenvalue weighted by molar-refractivity contribution is 5.78. The lowest BCUT2D eigenvalue weighted by molar-refractivity contribution is -0.121. The molecule has 0 aromatic heterocycles. The van der Waals surface area contributed by atoms with Gasteiger partial charge in [-0.15, -0.1) is 0 Å². The predicted octanol–water partition coefficient (Wildman–Crippen LogP) is 0.120. The number of hydrogen-bond donors (Lipinski definition) is 2. The first-order chi connectivity index (χ1) is 5.22. The van der Waals surface area contributed by atoms with E-state index in [9.17, 15) is 4.79 Å². The van der Waals surface area contributed by atoms with Gasteiger partial charge in [0.15, 0.2) is 0 Å². The van der Waals surface area contributed by atoms with Crippen LogP contribution in [-0.2, 0) is 4.79 Å². The van der Waals surface area contributed by atoms with E-state index in [1.54, 1.807) is 7.05 Å². The van der Waals surface area contributed by atoms with E-state index >= 15 is 0 Å². The summed E-state index contributed by atoms with van der Waals surface area (Å²) in [5.41, 5.74) is 0. The molecule has 3 nitrogen and oxygen atoms in total. The Balaban J connectivity index is 2.07. The normalized spacial score (nSPS) is 29.3. The highest BCUT2D eigenvalue weighted by atomic mass is 16.1. The first-order valence-corrected chi connectivity index (χ1v) is 4.16. The van der Waals surface area contributed by atoms with E-state index in [0.717, 1.165) is 18.8 Å². The number of nitrogens with one attached hydrogen (secondary N) is 2. The molecule has 1 rings (SSSR count). The summed E-state index contributed by atoms with van der Waals surface area (Å²) in [5.74, 6) is 0.916. The average molecular weight is 156 g/mol. The molecule has 0 aromatic carbocycles. The second-order valence-electron chi connectivity index (χ2n) is 3.37. The van der Waals surface area contributed by atoms with Crippen molar-refractivity contribution in [3.8, 4) is 0 Å². The monoisotopic (exact) mass is 156 g/mol. The van der Waals surface area contributed by atoms with Gasteiger partial charge >= 0.3 is 0 Å². The standard InChI is InChI=1S/C8H16N2O/c1-6-3-7(4-6)10-8(11)5-9-2/h6-7,9H,3-5H2,1-2H3,(H,10,11). The highest BCUT2D eigenvalue weighted by Crippen LogP contribution is 2.25.